The SMILES string of the molecule is NC(=O)CCCCCCCCCC(=O)N1CC[C@H]2CC[C@@H](C=O)N2C(=O)[C@@H](N)C1. The topological polar surface area (TPSA) is 127 Å². The van der Waals surface area contributed by atoms with Crippen LogP contribution in [0.25, 0.3) is 0 Å². The normalized spacial score (nSPS) is 24.7. The Balaban J connectivity index is 1.67. The Labute approximate surface area is 173 Å². The molecule has 2 heterocycles. The summed E-state index contributed by atoms with van der Waals surface area (Å²) in [5, 5.41) is 0. The van der Waals surface area contributed by atoms with Gasteiger partial charge in [-0.3, -0.25) is 14.4 Å². The highest BCUT2D eigenvalue weighted by atomic mass is 16.2. The molecule has 4 N–H and O–H groups in total. The third kappa shape index (κ3) is 7.10. The maximum atomic E-state index is 12.6. The first kappa shape index (κ1) is 23.3. The van der Waals surface area contributed by atoms with Crippen molar-refractivity contribution in [1.29, 1.82) is 0 Å². The standard InChI is InChI=1S/C21H36N4O4/c22-18-14-24(13-12-16-10-11-17(15-26)25(16)21(18)29)20(28)9-7-5-3-1-2-4-6-8-19(23)27/h15-18H,1-14,22H2,(H2,23,27)/t16-,17+,18+/m1/s1. The van der Waals surface area contributed by atoms with Crippen LogP contribution in [0.2, 0.25) is 0 Å². The number of amides is 3. The summed E-state index contributed by atoms with van der Waals surface area (Å²) in [6.45, 7) is 0.818. The second-order valence-corrected chi connectivity index (χ2v) is 8.36. The fraction of sp³-hybridized carbons (Fsp3) is 0.810. The van der Waals surface area contributed by atoms with E-state index >= 15 is 0 Å². The zero-order chi connectivity index (χ0) is 21.2. The van der Waals surface area contributed by atoms with Gasteiger partial charge in [-0.15, -0.1) is 0 Å². The summed E-state index contributed by atoms with van der Waals surface area (Å²) in [5.74, 6) is -0.384. The van der Waals surface area contributed by atoms with Crippen LogP contribution in [-0.4, -0.2) is 65.0 Å². The lowest BCUT2D eigenvalue weighted by atomic mass is 10.1. The summed E-state index contributed by atoms with van der Waals surface area (Å²) >= 11 is 0. The number of nitrogens with zero attached hydrogens (tertiary/aromatic N) is 2. The third-order valence-corrected chi connectivity index (χ3v) is 6.09. The number of primary amides is 1. The lowest BCUT2D eigenvalue weighted by Crippen LogP contribution is -2.57. The largest absolute Gasteiger partial charge is 0.370 e. The van der Waals surface area contributed by atoms with Gasteiger partial charge in [-0.2, -0.15) is 0 Å². The molecule has 8 heteroatoms. The molecule has 0 radical (unpaired) electrons. The predicted molar refractivity (Wildman–Crippen MR) is 110 cm³/mol. The lowest BCUT2D eigenvalue weighted by Gasteiger charge is -2.36. The summed E-state index contributed by atoms with van der Waals surface area (Å²) in [6.07, 6.45) is 10.9. The van der Waals surface area contributed by atoms with Crippen LogP contribution in [0.3, 0.4) is 0 Å². The summed E-state index contributed by atoms with van der Waals surface area (Å²) in [4.78, 5) is 50.6. The molecule has 2 rings (SSSR count). The number of fused-ring (bicyclic) bond motifs is 1. The monoisotopic (exact) mass is 408 g/mol. The number of rotatable bonds is 11. The van der Waals surface area contributed by atoms with Crippen molar-refractivity contribution in [3.63, 3.8) is 0 Å². The maximum Gasteiger partial charge on any atom is 0.242 e. The average Bonchev–Trinajstić information content (AvgIpc) is 3.10. The molecule has 2 fully saturated rings. The maximum absolute atomic E-state index is 12.6. The molecule has 164 valence electrons. The van der Waals surface area contributed by atoms with Gasteiger partial charge in [0.25, 0.3) is 0 Å². The number of nitrogens with two attached hydrogens (primary N) is 2. The van der Waals surface area contributed by atoms with Crippen LogP contribution in [0.5, 0.6) is 0 Å². The Bertz CT molecular complexity index is 583. The zero-order valence-corrected chi connectivity index (χ0v) is 17.4. The third-order valence-electron chi connectivity index (χ3n) is 6.09. The molecule has 0 aromatic rings. The number of hydrogen-bond acceptors (Lipinski definition) is 5. The summed E-state index contributed by atoms with van der Waals surface area (Å²) in [6, 6.07) is -1.12. The minimum Gasteiger partial charge on any atom is -0.370 e. The highest BCUT2D eigenvalue weighted by Gasteiger charge is 2.40. The highest BCUT2D eigenvalue weighted by Crippen LogP contribution is 2.28. The minimum absolute atomic E-state index is 0.00825. The molecule has 2 aliphatic rings. The van der Waals surface area contributed by atoms with E-state index in [-0.39, 0.29) is 36.3 Å². The zero-order valence-electron chi connectivity index (χ0n) is 17.4. The van der Waals surface area contributed by atoms with Gasteiger partial charge in [0.05, 0.1) is 6.04 Å². The molecule has 0 spiro atoms. The van der Waals surface area contributed by atoms with E-state index in [9.17, 15) is 19.2 Å². The predicted octanol–water partition coefficient (Wildman–Crippen LogP) is 1.10. The first-order valence-corrected chi connectivity index (χ1v) is 11.0. The Morgan fingerprint density at radius 1 is 0.966 bits per heavy atom. The first-order chi connectivity index (χ1) is 13.9. The van der Waals surface area contributed by atoms with Crippen molar-refractivity contribution in [2.45, 2.75) is 95.2 Å². The highest BCUT2D eigenvalue weighted by molar-refractivity contribution is 5.86. The van der Waals surface area contributed by atoms with Crippen molar-refractivity contribution in [2.24, 2.45) is 11.5 Å². The van der Waals surface area contributed by atoms with Gasteiger partial charge in [0.1, 0.15) is 12.3 Å². The van der Waals surface area contributed by atoms with E-state index in [1.54, 1.807) is 9.80 Å². The van der Waals surface area contributed by atoms with Crippen LogP contribution in [0.4, 0.5) is 0 Å². The fourth-order valence-electron chi connectivity index (χ4n) is 4.42. The molecule has 29 heavy (non-hydrogen) atoms. The summed E-state index contributed by atoms with van der Waals surface area (Å²) < 4.78 is 0. The van der Waals surface area contributed by atoms with Gasteiger partial charge in [0.15, 0.2) is 0 Å². The number of aldehydes is 1. The van der Waals surface area contributed by atoms with Crippen LogP contribution in [0, 0.1) is 0 Å². The summed E-state index contributed by atoms with van der Waals surface area (Å²) in [5.41, 5.74) is 11.2. The Kier molecular flexibility index (Phi) is 9.57. The van der Waals surface area contributed by atoms with Gasteiger partial charge in [-0.25, -0.2) is 0 Å². The van der Waals surface area contributed by atoms with Gasteiger partial charge >= 0.3 is 0 Å². The van der Waals surface area contributed by atoms with Crippen molar-refractivity contribution in [3.05, 3.63) is 0 Å². The second-order valence-electron chi connectivity index (χ2n) is 8.36. The summed E-state index contributed by atoms with van der Waals surface area (Å²) in [7, 11) is 0. The lowest BCUT2D eigenvalue weighted by molar-refractivity contribution is -0.142. The van der Waals surface area contributed by atoms with E-state index in [0.717, 1.165) is 57.7 Å². The number of hydrogen-bond donors (Lipinski definition) is 2. The molecule has 0 aromatic carbocycles. The van der Waals surface area contributed by atoms with Crippen molar-refractivity contribution in [2.75, 3.05) is 13.1 Å². The number of unbranched alkanes of at least 4 members (excludes halogenated alkanes) is 6. The number of carbonyl (C=O) groups excluding carboxylic acids is 4. The van der Waals surface area contributed by atoms with Gasteiger partial charge < -0.3 is 26.1 Å². The average molecular weight is 409 g/mol. The van der Waals surface area contributed by atoms with Crippen LogP contribution in [0.15, 0.2) is 0 Å². The van der Waals surface area contributed by atoms with E-state index in [2.05, 4.69) is 0 Å². The molecule has 8 nitrogen and oxygen atoms in total. The van der Waals surface area contributed by atoms with Crippen LogP contribution in [-0.2, 0) is 19.2 Å². The van der Waals surface area contributed by atoms with Gasteiger partial charge in [-0.05, 0) is 32.1 Å². The van der Waals surface area contributed by atoms with E-state index in [0.29, 0.717) is 32.2 Å². The van der Waals surface area contributed by atoms with E-state index < -0.39 is 6.04 Å². The smallest absolute Gasteiger partial charge is 0.242 e. The quantitative estimate of drug-likeness (QED) is 0.391. The number of carbonyl (C=O) groups is 4. The van der Waals surface area contributed by atoms with Crippen LogP contribution >= 0.6 is 0 Å². The van der Waals surface area contributed by atoms with Crippen molar-refractivity contribution in [3.8, 4) is 0 Å². The molecular formula is C21H36N4O4. The second kappa shape index (κ2) is 11.9. The van der Waals surface area contributed by atoms with Gasteiger partial charge in [-0.1, -0.05) is 32.1 Å². The molecule has 0 unspecified atom stereocenters. The van der Waals surface area contributed by atoms with Crippen molar-refractivity contribution < 1.29 is 19.2 Å². The Hall–Kier alpha value is -1.96. The fourth-order valence-corrected chi connectivity index (χ4v) is 4.42. The van der Waals surface area contributed by atoms with Crippen molar-refractivity contribution in [1.82, 2.24) is 9.80 Å². The minimum atomic E-state index is -0.761. The molecule has 0 aliphatic carbocycles. The first-order valence-electron chi connectivity index (χ1n) is 11.0. The molecule has 3 atom stereocenters. The molecule has 0 saturated carbocycles. The molecule has 2 aliphatic heterocycles. The van der Waals surface area contributed by atoms with Gasteiger partial charge in [0, 0.05) is 32.0 Å². The molecule has 0 bridgehead atoms. The Morgan fingerprint density at radius 2 is 1.59 bits per heavy atom. The van der Waals surface area contributed by atoms with E-state index in [4.69, 9.17) is 11.5 Å². The van der Waals surface area contributed by atoms with Crippen molar-refractivity contribution >= 4 is 24.0 Å². The molecule has 0 aromatic heterocycles. The Morgan fingerprint density at radius 3 is 2.21 bits per heavy atom. The molecular weight excluding hydrogens is 372 g/mol. The molecule has 3 amide bonds. The van der Waals surface area contributed by atoms with Crippen LogP contribution in [0.1, 0.15) is 77.0 Å². The molecule has 2 saturated heterocycles. The van der Waals surface area contributed by atoms with E-state index in [1.165, 1.54) is 0 Å². The van der Waals surface area contributed by atoms with E-state index in [1.807, 2.05) is 0 Å². The van der Waals surface area contributed by atoms with Gasteiger partial charge in [0.2, 0.25) is 17.7 Å². The van der Waals surface area contributed by atoms with Crippen LogP contribution < -0.4 is 11.5 Å².